The van der Waals surface area contributed by atoms with Crippen LogP contribution in [0.2, 0.25) is 0 Å². The standard InChI is InChI=1S/C9H21P.4CO.Mn.Na/c1-7(2)10(8(3)4)9(5)6;4*1-2;;/h7-9H,1-6H3;;;;;;/q;;;;;;+1. The SMILES string of the molecule is CC(C)P(C(C)C)C(C)C.[C-]#[O+].[C-]#[O+].[C-]#[O+].[C-]#[O+].[Mn].[Na+]. The van der Waals surface area contributed by atoms with Crippen LogP contribution in [0.1, 0.15) is 41.5 Å². The molecule has 0 spiro atoms. The molecule has 0 saturated carbocycles. The van der Waals surface area contributed by atoms with Crippen LogP contribution in [0, 0.1) is 26.6 Å². The maximum absolute atomic E-state index is 7.50. The zero-order chi connectivity index (χ0) is 16.3. The summed E-state index contributed by atoms with van der Waals surface area (Å²) in [7, 11) is 0.262. The first-order chi connectivity index (χ1) is 8.46. The Morgan fingerprint density at radius 2 is 0.650 bits per heavy atom. The molecule has 0 rings (SSSR count). The molecule has 0 bridgehead atoms. The Hall–Kier alpha value is 0.909. The fraction of sp³-hybridized carbons (Fsp3) is 0.692. The van der Waals surface area contributed by atoms with E-state index in [9.17, 15) is 0 Å². The Balaban J connectivity index is -0.0000000292. The molecule has 4 nitrogen and oxygen atoms in total. The van der Waals surface area contributed by atoms with E-state index in [1.54, 1.807) is 0 Å². The molecule has 0 aliphatic carbocycles. The molecule has 1 radical (unpaired) electrons. The minimum Gasteiger partial charge on any atom is 0 e. The first-order valence-corrected chi connectivity index (χ1v) is 6.60. The minimum absolute atomic E-state index is 0. The smallest absolute Gasteiger partial charge is 0 e. The summed E-state index contributed by atoms with van der Waals surface area (Å²) in [4.78, 5) is 0. The van der Waals surface area contributed by atoms with Crippen LogP contribution in [-0.4, -0.2) is 17.0 Å². The Bertz CT molecular complexity index is 182. The first-order valence-electron chi connectivity index (χ1n) is 5.06. The van der Waals surface area contributed by atoms with Crippen molar-refractivity contribution in [1.82, 2.24) is 0 Å². The summed E-state index contributed by atoms with van der Waals surface area (Å²) in [5, 5.41) is 0. The Morgan fingerprint density at radius 3 is 0.650 bits per heavy atom. The van der Waals surface area contributed by atoms with Crippen molar-refractivity contribution < 1.29 is 65.2 Å². The van der Waals surface area contributed by atoms with Gasteiger partial charge >= 0.3 is 74.8 Å². The zero-order valence-corrected chi connectivity index (χ0v) is 17.3. The molecule has 0 atom stereocenters. The van der Waals surface area contributed by atoms with Gasteiger partial charge in [-0.15, -0.1) is 0 Å². The van der Waals surface area contributed by atoms with E-state index in [4.69, 9.17) is 18.6 Å². The number of hydrogen-bond acceptors (Lipinski definition) is 0. The first kappa shape index (κ1) is 42.8. The van der Waals surface area contributed by atoms with Crippen LogP contribution < -0.4 is 29.6 Å². The van der Waals surface area contributed by atoms with Crippen molar-refractivity contribution in [3.63, 3.8) is 0 Å². The van der Waals surface area contributed by atoms with Gasteiger partial charge in [-0.05, 0) is 17.0 Å². The molecule has 109 valence electrons. The van der Waals surface area contributed by atoms with E-state index in [1.807, 2.05) is 0 Å². The molecule has 0 N–H and O–H groups in total. The van der Waals surface area contributed by atoms with E-state index < -0.39 is 0 Å². The molecule has 0 fully saturated rings. The van der Waals surface area contributed by atoms with Crippen LogP contribution in [0.4, 0.5) is 0 Å². The molecule has 7 heteroatoms. The second-order valence-electron chi connectivity index (χ2n) is 3.73. The van der Waals surface area contributed by atoms with E-state index in [1.165, 1.54) is 0 Å². The van der Waals surface area contributed by atoms with Gasteiger partial charge in [0.15, 0.2) is 0 Å². The van der Waals surface area contributed by atoms with Crippen molar-refractivity contribution >= 4 is 7.92 Å². The third-order valence-electron chi connectivity index (χ3n) is 1.79. The third kappa shape index (κ3) is 36.4. The second-order valence-corrected chi connectivity index (χ2v) is 7.72. The molecule has 0 heterocycles. The van der Waals surface area contributed by atoms with E-state index in [2.05, 4.69) is 68.1 Å². The maximum atomic E-state index is 7.50. The minimum atomic E-state index is 0. The van der Waals surface area contributed by atoms with Crippen LogP contribution >= 0.6 is 7.92 Å². The molecule has 0 aliphatic rings. The molecule has 0 unspecified atom stereocenters. The van der Waals surface area contributed by atoms with Crippen molar-refractivity contribution in [2.75, 3.05) is 0 Å². The van der Waals surface area contributed by atoms with Crippen molar-refractivity contribution in [3.8, 4) is 0 Å². The Labute approximate surface area is 157 Å². The normalized spacial score (nSPS) is 6.70. The zero-order valence-electron chi connectivity index (χ0n) is 13.2. The van der Waals surface area contributed by atoms with Crippen LogP contribution in [0.25, 0.3) is 0 Å². The van der Waals surface area contributed by atoms with Crippen LogP contribution in [0.3, 0.4) is 0 Å². The molecule has 0 aromatic carbocycles. The van der Waals surface area contributed by atoms with Crippen molar-refractivity contribution in [1.29, 1.82) is 0 Å². The summed E-state index contributed by atoms with van der Waals surface area (Å²) >= 11 is 0. The average molecular weight is 350 g/mol. The van der Waals surface area contributed by atoms with Gasteiger partial charge in [0.25, 0.3) is 0 Å². The number of rotatable bonds is 3. The van der Waals surface area contributed by atoms with Crippen LogP contribution in [0.5, 0.6) is 0 Å². The van der Waals surface area contributed by atoms with Crippen molar-refractivity contribution in [2.24, 2.45) is 0 Å². The van der Waals surface area contributed by atoms with Crippen LogP contribution in [-0.2, 0) is 35.7 Å². The summed E-state index contributed by atoms with van der Waals surface area (Å²) in [5.41, 5.74) is 2.69. The quantitative estimate of drug-likeness (QED) is 0.308. The van der Waals surface area contributed by atoms with Gasteiger partial charge in [-0.1, -0.05) is 49.5 Å². The average Bonchev–Trinajstić information content (AvgIpc) is 2.37. The Morgan fingerprint density at radius 1 is 0.550 bits per heavy atom. The topological polar surface area (TPSA) is 79.6 Å². The van der Waals surface area contributed by atoms with E-state index >= 15 is 0 Å². The van der Waals surface area contributed by atoms with E-state index in [0.29, 0.717) is 0 Å². The maximum Gasteiger partial charge on any atom is 1.00 e. The predicted octanol–water partition coefficient (Wildman–Crippen LogP) is 0.545. The molecule has 0 amide bonds. The van der Waals surface area contributed by atoms with E-state index in [0.717, 1.165) is 17.0 Å². The van der Waals surface area contributed by atoms with Gasteiger partial charge in [0.1, 0.15) is 0 Å². The molecule has 20 heavy (non-hydrogen) atoms. The Kier molecular flexibility index (Phi) is 91.5. The largest absolute Gasteiger partial charge is 1.00 e. The molecule has 0 aromatic heterocycles. The fourth-order valence-electron chi connectivity index (χ4n) is 1.79. The van der Waals surface area contributed by atoms with Gasteiger partial charge in [0, 0.05) is 17.1 Å². The predicted molar refractivity (Wildman–Crippen MR) is 68.0 cm³/mol. The monoisotopic (exact) mass is 350 g/mol. The third-order valence-corrected chi connectivity index (χ3v) is 5.37. The van der Waals surface area contributed by atoms with E-state index in [-0.39, 0.29) is 54.5 Å². The molecule has 0 saturated heterocycles. The number of hydrogen-bond donors (Lipinski definition) is 0. The molecule has 0 aromatic rings. The molecular weight excluding hydrogens is 329 g/mol. The summed E-state index contributed by atoms with van der Waals surface area (Å²) in [6.07, 6.45) is 0. The van der Waals surface area contributed by atoms with Gasteiger partial charge in [-0.2, -0.15) is 0 Å². The van der Waals surface area contributed by atoms with Gasteiger partial charge in [0.05, 0.1) is 0 Å². The van der Waals surface area contributed by atoms with Gasteiger partial charge in [0.2, 0.25) is 0 Å². The molecular formula is C13H21MnNaO4P+. The summed E-state index contributed by atoms with van der Waals surface area (Å²) in [5.74, 6) is 0. The fourth-order valence-corrected chi connectivity index (χ4v) is 5.37. The summed E-state index contributed by atoms with van der Waals surface area (Å²) in [6, 6.07) is 0. The van der Waals surface area contributed by atoms with Gasteiger partial charge < -0.3 is 0 Å². The van der Waals surface area contributed by atoms with Crippen molar-refractivity contribution in [3.05, 3.63) is 26.6 Å². The summed E-state index contributed by atoms with van der Waals surface area (Å²) in [6.45, 7) is 32.1. The summed E-state index contributed by atoms with van der Waals surface area (Å²) < 4.78 is 30.0. The second kappa shape index (κ2) is 42.7. The van der Waals surface area contributed by atoms with Crippen LogP contribution in [0.15, 0.2) is 0 Å². The van der Waals surface area contributed by atoms with Gasteiger partial charge in [-0.25, -0.2) is 0 Å². The molecule has 0 aliphatic heterocycles. The van der Waals surface area contributed by atoms with Crippen molar-refractivity contribution in [2.45, 2.75) is 58.5 Å². The van der Waals surface area contributed by atoms with Gasteiger partial charge in [-0.3, -0.25) is 0 Å².